The van der Waals surface area contributed by atoms with Gasteiger partial charge in [-0.25, -0.2) is 0 Å². The summed E-state index contributed by atoms with van der Waals surface area (Å²) >= 11 is 1.55. The van der Waals surface area contributed by atoms with Crippen LogP contribution in [-0.4, -0.2) is 24.0 Å². The fourth-order valence-electron chi connectivity index (χ4n) is 1.32. The highest BCUT2D eigenvalue weighted by Gasteiger charge is 2.05. The zero-order valence-corrected chi connectivity index (χ0v) is 10.6. The Bertz CT molecular complexity index is 366. The minimum absolute atomic E-state index is 0.0344. The first kappa shape index (κ1) is 13.1. The number of hydrogen-bond acceptors (Lipinski definition) is 3. The van der Waals surface area contributed by atoms with Crippen LogP contribution in [-0.2, 0) is 4.79 Å². The van der Waals surface area contributed by atoms with E-state index < -0.39 is 0 Å². The number of amides is 1. The Labute approximate surface area is 101 Å². The molecule has 4 heteroatoms. The van der Waals surface area contributed by atoms with Crippen LogP contribution in [0.25, 0.3) is 0 Å². The van der Waals surface area contributed by atoms with Gasteiger partial charge in [0.15, 0.2) is 0 Å². The average molecular weight is 238 g/mol. The van der Waals surface area contributed by atoms with E-state index in [-0.39, 0.29) is 5.91 Å². The van der Waals surface area contributed by atoms with Gasteiger partial charge in [-0.05, 0) is 31.0 Å². The molecule has 88 valence electrons. The second-order valence-corrected chi connectivity index (χ2v) is 4.74. The van der Waals surface area contributed by atoms with E-state index in [0.717, 1.165) is 17.0 Å². The molecule has 0 spiro atoms. The van der Waals surface area contributed by atoms with Gasteiger partial charge >= 0.3 is 0 Å². The third-order valence-corrected chi connectivity index (χ3v) is 3.36. The summed E-state index contributed by atoms with van der Waals surface area (Å²) in [6.45, 7) is 4.66. The molecule has 0 fully saturated rings. The molecular formula is C12H18N2OS. The molecule has 0 bridgehead atoms. The predicted octanol–water partition coefficient (Wildman–Crippen LogP) is 1.93. The molecule has 0 saturated heterocycles. The van der Waals surface area contributed by atoms with Crippen LogP contribution in [0.2, 0.25) is 0 Å². The highest BCUT2D eigenvalue weighted by molar-refractivity contribution is 7.99. The number of carbonyl (C=O) groups excluding carboxylic acids is 1. The zero-order valence-electron chi connectivity index (χ0n) is 9.75. The molecule has 0 heterocycles. The summed E-state index contributed by atoms with van der Waals surface area (Å²) in [7, 11) is 0. The number of thioether (sulfide) groups is 1. The number of carbonyl (C=O) groups is 1. The number of hydrogen-bond donors (Lipinski definition) is 2. The summed E-state index contributed by atoms with van der Waals surface area (Å²) in [6.07, 6.45) is 0. The third kappa shape index (κ3) is 3.87. The molecule has 0 aliphatic rings. The van der Waals surface area contributed by atoms with Gasteiger partial charge in [-0.15, -0.1) is 0 Å². The number of nitrogens with one attached hydrogen (secondary N) is 1. The first-order valence-corrected chi connectivity index (χ1v) is 6.44. The van der Waals surface area contributed by atoms with E-state index in [1.807, 2.05) is 32.0 Å². The second kappa shape index (κ2) is 6.55. The molecule has 0 unspecified atom stereocenters. The SMILES string of the molecule is Cc1cccc(NC(=O)CSCCN)c1C. The average Bonchev–Trinajstić information content (AvgIpc) is 2.25. The molecule has 0 aromatic heterocycles. The molecule has 3 N–H and O–H groups in total. The van der Waals surface area contributed by atoms with Crippen molar-refractivity contribution in [1.29, 1.82) is 0 Å². The van der Waals surface area contributed by atoms with Crippen molar-refractivity contribution >= 4 is 23.4 Å². The van der Waals surface area contributed by atoms with Crippen molar-refractivity contribution in [3.05, 3.63) is 29.3 Å². The van der Waals surface area contributed by atoms with Crippen LogP contribution in [0.5, 0.6) is 0 Å². The van der Waals surface area contributed by atoms with E-state index in [9.17, 15) is 4.79 Å². The van der Waals surface area contributed by atoms with Gasteiger partial charge < -0.3 is 11.1 Å². The van der Waals surface area contributed by atoms with Crippen LogP contribution < -0.4 is 11.1 Å². The molecule has 0 saturated carbocycles. The lowest BCUT2D eigenvalue weighted by Crippen LogP contribution is -2.16. The second-order valence-electron chi connectivity index (χ2n) is 3.64. The molecule has 1 aromatic rings. The van der Waals surface area contributed by atoms with Crippen molar-refractivity contribution in [1.82, 2.24) is 0 Å². The Morgan fingerprint density at radius 3 is 2.88 bits per heavy atom. The first-order chi connectivity index (χ1) is 7.65. The zero-order chi connectivity index (χ0) is 12.0. The number of rotatable bonds is 5. The summed E-state index contributed by atoms with van der Waals surface area (Å²) < 4.78 is 0. The van der Waals surface area contributed by atoms with Gasteiger partial charge in [-0.3, -0.25) is 4.79 Å². The topological polar surface area (TPSA) is 55.1 Å². The molecule has 1 aromatic carbocycles. The fourth-order valence-corrected chi connectivity index (χ4v) is 1.89. The summed E-state index contributed by atoms with van der Waals surface area (Å²) in [5, 5.41) is 2.91. The van der Waals surface area contributed by atoms with E-state index in [2.05, 4.69) is 5.32 Å². The standard InChI is InChI=1S/C12H18N2OS/c1-9-4-3-5-11(10(9)2)14-12(15)8-16-7-6-13/h3-5H,6-8,13H2,1-2H3,(H,14,15). The van der Waals surface area contributed by atoms with Gasteiger partial charge in [0.1, 0.15) is 0 Å². The summed E-state index contributed by atoms with van der Waals surface area (Å²) in [5.41, 5.74) is 8.57. The van der Waals surface area contributed by atoms with Crippen molar-refractivity contribution in [2.75, 3.05) is 23.4 Å². The smallest absolute Gasteiger partial charge is 0.234 e. The predicted molar refractivity (Wildman–Crippen MR) is 70.9 cm³/mol. The largest absolute Gasteiger partial charge is 0.330 e. The van der Waals surface area contributed by atoms with Crippen LogP contribution in [0.4, 0.5) is 5.69 Å². The fraction of sp³-hybridized carbons (Fsp3) is 0.417. The van der Waals surface area contributed by atoms with Crippen molar-refractivity contribution in [3.8, 4) is 0 Å². The van der Waals surface area contributed by atoms with Gasteiger partial charge in [0.25, 0.3) is 0 Å². The molecule has 0 atom stereocenters. The number of nitrogens with two attached hydrogens (primary N) is 1. The molecule has 1 amide bonds. The first-order valence-electron chi connectivity index (χ1n) is 5.29. The van der Waals surface area contributed by atoms with Crippen molar-refractivity contribution in [2.24, 2.45) is 5.73 Å². The van der Waals surface area contributed by atoms with Gasteiger partial charge in [-0.2, -0.15) is 11.8 Å². The Balaban J connectivity index is 2.53. The number of benzene rings is 1. The van der Waals surface area contributed by atoms with E-state index >= 15 is 0 Å². The normalized spacial score (nSPS) is 10.2. The molecule has 3 nitrogen and oxygen atoms in total. The summed E-state index contributed by atoms with van der Waals surface area (Å²) in [5.74, 6) is 1.32. The lowest BCUT2D eigenvalue weighted by molar-refractivity contribution is -0.113. The molecular weight excluding hydrogens is 220 g/mol. The van der Waals surface area contributed by atoms with Crippen LogP contribution >= 0.6 is 11.8 Å². The Hall–Kier alpha value is -1.00. The Morgan fingerprint density at radius 1 is 1.44 bits per heavy atom. The maximum absolute atomic E-state index is 11.6. The van der Waals surface area contributed by atoms with Crippen molar-refractivity contribution in [3.63, 3.8) is 0 Å². The number of aryl methyl sites for hydroxylation is 1. The lowest BCUT2D eigenvalue weighted by Gasteiger charge is -2.09. The van der Waals surface area contributed by atoms with Crippen molar-refractivity contribution < 1.29 is 4.79 Å². The Kier molecular flexibility index (Phi) is 5.35. The maximum Gasteiger partial charge on any atom is 0.234 e. The Morgan fingerprint density at radius 2 is 2.19 bits per heavy atom. The molecule has 0 aliphatic heterocycles. The van der Waals surface area contributed by atoms with Gasteiger partial charge in [0.2, 0.25) is 5.91 Å². The summed E-state index contributed by atoms with van der Waals surface area (Å²) in [6, 6.07) is 5.91. The molecule has 0 aliphatic carbocycles. The third-order valence-electron chi connectivity index (χ3n) is 2.37. The van der Waals surface area contributed by atoms with Crippen LogP contribution in [0.1, 0.15) is 11.1 Å². The monoisotopic (exact) mass is 238 g/mol. The van der Waals surface area contributed by atoms with Crippen LogP contribution in [0.3, 0.4) is 0 Å². The molecule has 1 rings (SSSR count). The van der Waals surface area contributed by atoms with Gasteiger partial charge in [0.05, 0.1) is 5.75 Å². The maximum atomic E-state index is 11.6. The molecule has 16 heavy (non-hydrogen) atoms. The van der Waals surface area contributed by atoms with Crippen LogP contribution in [0.15, 0.2) is 18.2 Å². The highest BCUT2D eigenvalue weighted by Crippen LogP contribution is 2.18. The minimum Gasteiger partial charge on any atom is -0.330 e. The number of anilines is 1. The minimum atomic E-state index is 0.0344. The van der Waals surface area contributed by atoms with Crippen LogP contribution in [0, 0.1) is 13.8 Å². The van der Waals surface area contributed by atoms with E-state index in [0.29, 0.717) is 12.3 Å². The van der Waals surface area contributed by atoms with Gasteiger partial charge in [-0.1, -0.05) is 12.1 Å². The van der Waals surface area contributed by atoms with Crippen molar-refractivity contribution in [2.45, 2.75) is 13.8 Å². The van der Waals surface area contributed by atoms with Gasteiger partial charge in [0, 0.05) is 18.0 Å². The van der Waals surface area contributed by atoms with E-state index in [4.69, 9.17) is 5.73 Å². The van der Waals surface area contributed by atoms with E-state index in [1.165, 1.54) is 5.56 Å². The summed E-state index contributed by atoms with van der Waals surface area (Å²) in [4.78, 5) is 11.6. The quantitative estimate of drug-likeness (QED) is 0.771. The van der Waals surface area contributed by atoms with E-state index in [1.54, 1.807) is 11.8 Å². The lowest BCUT2D eigenvalue weighted by atomic mass is 10.1. The highest BCUT2D eigenvalue weighted by atomic mass is 32.2. The molecule has 0 radical (unpaired) electrons.